The van der Waals surface area contributed by atoms with Crippen molar-refractivity contribution in [2.24, 2.45) is 0 Å². The van der Waals surface area contributed by atoms with Gasteiger partial charge in [-0.25, -0.2) is 4.39 Å². The Morgan fingerprint density at radius 1 is 1.24 bits per heavy atom. The van der Waals surface area contributed by atoms with E-state index in [-0.39, 0.29) is 18.3 Å². The maximum Gasteiger partial charge on any atom is 0.222 e. The van der Waals surface area contributed by atoms with Gasteiger partial charge in [-0.1, -0.05) is 18.3 Å². The van der Waals surface area contributed by atoms with E-state index in [2.05, 4.69) is 11.8 Å². The lowest BCUT2D eigenvalue weighted by Crippen LogP contribution is -2.29. The molecule has 1 aliphatic rings. The van der Waals surface area contributed by atoms with E-state index in [0.29, 0.717) is 24.9 Å². The highest BCUT2D eigenvalue weighted by atomic mass is 19.1. The lowest BCUT2D eigenvalue weighted by atomic mass is 10.1. The first kappa shape index (κ1) is 15.5. The smallest absolute Gasteiger partial charge is 0.222 e. The number of hydrogen-bond donors (Lipinski definition) is 1. The van der Waals surface area contributed by atoms with Crippen LogP contribution in [-0.4, -0.2) is 29.1 Å². The SMILES string of the molecule is O=C1CCCCCN1Cc1cc(F)cc(C#CCCO)c1. The number of aliphatic hydroxyl groups excluding tert-OH is 1. The van der Waals surface area contributed by atoms with E-state index in [1.165, 1.54) is 12.1 Å². The molecule has 0 spiro atoms. The second kappa shape index (κ2) is 7.80. The quantitative estimate of drug-likeness (QED) is 0.868. The van der Waals surface area contributed by atoms with Crippen LogP contribution in [0.25, 0.3) is 0 Å². The Labute approximate surface area is 124 Å². The van der Waals surface area contributed by atoms with Gasteiger partial charge >= 0.3 is 0 Å². The molecular weight excluding hydrogens is 269 g/mol. The van der Waals surface area contributed by atoms with Gasteiger partial charge in [0.1, 0.15) is 5.82 Å². The van der Waals surface area contributed by atoms with Gasteiger partial charge in [-0.3, -0.25) is 4.79 Å². The number of halogens is 1. The van der Waals surface area contributed by atoms with Crippen LogP contribution in [0.2, 0.25) is 0 Å². The maximum atomic E-state index is 13.6. The first-order valence-corrected chi connectivity index (χ1v) is 7.36. The van der Waals surface area contributed by atoms with Gasteiger partial charge < -0.3 is 10.0 Å². The summed E-state index contributed by atoms with van der Waals surface area (Å²) in [5, 5.41) is 8.70. The number of carbonyl (C=O) groups excluding carboxylic acids is 1. The van der Waals surface area contributed by atoms with E-state index in [0.717, 1.165) is 31.4 Å². The number of likely N-dealkylation sites (tertiary alicyclic amines) is 1. The van der Waals surface area contributed by atoms with Crippen LogP contribution in [-0.2, 0) is 11.3 Å². The fraction of sp³-hybridized carbons (Fsp3) is 0.471. The average Bonchev–Trinajstić information content (AvgIpc) is 2.64. The first-order valence-electron chi connectivity index (χ1n) is 7.36. The third kappa shape index (κ3) is 4.87. The van der Waals surface area contributed by atoms with Gasteiger partial charge in [-0.2, -0.15) is 0 Å². The second-order valence-electron chi connectivity index (χ2n) is 5.25. The molecule has 0 aliphatic carbocycles. The van der Waals surface area contributed by atoms with Crippen molar-refractivity contribution in [3.8, 4) is 11.8 Å². The fourth-order valence-corrected chi connectivity index (χ4v) is 2.46. The van der Waals surface area contributed by atoms with E-state index in [1.807, 2.05) is 6.07 Å². The molecule has 3 nitrogen and oxygen atoms in total. The molecule has 1 saturated heterocycles. The molecule has 0 atom stereocenters. The third-order valence-corrected chi connectivity index (χ3v) is 3.47. The van der Waals surface area contributed by atoms with Gasteiger partial charge in [0.15, 0.2) is 0 Å². The number of rotatable bonds is 3. The van der Waals surface area contributed by atoms with Crippen molar-refractivity contribution < 1.29 is 14.3 Å². The van der Waals surface area contributed by atoms with Crippen LogP contribution in [0, 0.1) is 17.7 Å². The van der Waals surface area contributed by atoms with Crippen LogP contribution in [0.1, 0.15) is 43.2 Å². The summed E-state index contributed by atoms with van der Waals surface area (Å²) in [6.45, 7) is 1.17. The lowest BCUT2D eigenvalue weighted by Gasteiger charge is -2.20. The topological polar surface area (TPSA) is 40.5 Å². The van der Waals surface area contributed by atoms with Crippen molar-refractivity contribution in [2.75, 3.05) is 13.2 Å². The van der Waals surface area contributed by atoms with Crippen LogP contribution in [0.3, 0.4) is 0 Å². The van der Waals surface area contributed by atoms with E-state index >= 15 is 0 Å². The largest absolute Gasteiger partial charge is 0.395 e. The highest BCUT2D eigenvalue weighted by molar-refractivity contribution is 5.76. The molecule has 112 valence electrons. The zero-order valence-corrected chi connectivity index (χ0v) is 12.1. The Morgan fingerprint density at radius 3 is 2.90 bits per heavy atom. The Bertz CT molecular complexity index is 560. The summed E-state index contributed by atoms with van der Waals surface area (Å²) >= 11 is 0. The van der Waals surface area contributed by atoms with Crippen LogP contribution < -0.4 is 0 Å². The Hall–Kier alpha value is -1.86. The summed E-state index contributed by atoms with van der Waals surface area (Å²) in [5.41, 5.74) is 1.35. The van der Waals surface area contributed by atoms with Crippen LogP contribution in [0.15, 0.2) is 18.2 Å². The summed E-state index contributed by atoms with van der Waals surface area (Å²) in [6.07, 6.45) is 3.97. The molecule has 0 aromatic heterocycles. The lowest BCUT2D eigenvalue weighted by molar-refractivity contribution is -0.131. The minimum Gasteiger partial charge on any atom is -0.395 e. The van der Waals surface area contributed by atoms with Gasteiger partial charge in [-0.05, 0) is 36.6 Å². The highest BCUT2D eigenvalue weighted by Gasteiger charge is 2.17. The minimum absolute atomic E-state index is 0.00253. The van der Waals surface area contributed by atoms with Crippen molar-refractivity contribution in [1.82, 2.24) is 4.90 Å². The maximum absolute atomic E-state index is 13.6. The summed E-state index contributed by atoms with van der Waals surface area (Å²) in [4.78, 5) is 13.8. The molecule has 21 heavy (non-hydrogen) atoms. The summed E-state index contributed by atoms with van der Waals surface area (Å²) in [7, 11) is 0. The molecule has 1 amide bonds. The highest BCUT2D eigenvalue weighted by Crippen LogP contribution is 2.16. The fourth-order valence-electron chi connectivity index (χ4n) is 2.46. The Balaban J connectivity index is 2.12. The Kier molecular flexibility index (Phi) is 5.77. The van der Waals surface area contributed by atoms with Crippen molar-refractivity contribution >= 4 is 5.91 Å². The van der Waals surface area contributed by atoms with Crippen LogP contribution in [0.4, 0.5) is 4.39 Å². The molecule has 1 heterocycles. The first-order chi connectivity index (χ1) is 10.2. The molecule has 1 fully saturated rings. The standard InChI is InChI=1S/C17H20FNO2/c18-16-11-14(6-3-5-9-20)10-15(12-16)13-19-8-4-1-2-7-17(19)21/h10-12,20H,1-2,4-5,7-9,13H2. The van der Waals surface area contributed by atoms with Crippen molar-refractivity contribution in [1.29, 1.82) is 0 Å². The minimum atomic E-state index is -0.344. The van der Waals surface area contributed by atoms with Gasteiger partial charge in [0.2, 0.25) is 5.91 Å². The Morgan fingerprint density at radius 2 is 2.10 bits per heavy atom. The van der Waals surface area contributed by atoms with Gasteiger partial charge in [0.05, 0.1) is 6.61 Å². The molecule has 1 N–H and O–H groups in total. The molecule has 0 saturated carbocycles. The van der Waals surface area contributed by atoms with Crippen LogP contribution >= 0.6 is 0 Å². The number of amides is 1. The predicted octanol–water partition coefficient (Wildman–Crippen LogP) is 2.46. The van der Waals surface area contributed by atoms with Crippen molar-refractivity contribution in [3.05, 3.63) is 35.1 Å². The zero-order chi connectivity index (χ0) is 15.1. The molecule has 1 aliphatic heterocycles. The molecule has 0 bridgehead atoms. The van der Waals surface area contributed by atoms with Crippen LogP contribution in [0.5, 0.6) is 0 Å². The summed E-state index contributed by atoms with van der Waals surface area (Å²) in [6, 6.07) is 4.64. The predicted molar refractivity (Wildman–Crippen MR) is 78.9 cm³/mol. The number of carbonyl (C=O) groups is 1. The number of aliphatic hydroxyl groups is 1. The molecule has 0 radical (unpaired) electrons. The van der Waals surface area contributed by atoms with Crippen molar-refractivity contribution in [2.45, 2.75) is 38.6 Å². The molecule has 2 rings (SSSR count). The van der Waals surface area contributed by atoms with E-state index in [4.69, 9.17) is 5.11 Å². The number of nitrogens with zero attached hydrogens (tertiary/aromatic N) is 1. The monoisotopic (exact) mass is 289 g/mol. The molecule has 4 heteroatoms. The normalized spacial score (nSPS) is 15.3. The summed E-state index contributed by atoms with van der Waals surface area (Å²) < 4.78 is 13.6. The van der Waals surface area contributed by atoms with Gasteiger partial charge in [0, 0.05) is 31.5 Å². The number of benzene rings is 1. The van der Waals surface area contributed by atoms with Gasteiger partial charge in [0.25, 0.3) is 0 Å². The molecular formula is C17H20FNO2. The summed E-state index contributed by atoms with van der Waals surface area (Å²) in [5.74, 6) is 5.41. The number of hydrogen-bond acceptors (Lipinski definition) is 2. The average molecular weight is 289 g/mol. The van der Waals surface area contributed by atoms with Gasteiger partial charge in [-0.15, -0.1) is 0 Å². The van der Waals surface area contributed by atoms with E-state index < -0.39 is 0 Å². The zero-order valence-electron chi connectivity index (χ0n) is 12.1. The second-order valence-corrected chi connectivity index (χ2v) is 5.25. The third-order valence-electron chi connectivity index (χ3n) is 3.47. The molecule has 1 aromatic rings. The van der Waals surface area contributed by atoms with E-state index in [9.17, 15) is 9.18 Å². The molecule has 0 unspecified atom stereocenters. The van der Waals surface area contributed by atoms with E-state index in [1.54, 1.807) is 4.90 Å². The van der Waals surface area contributed by atoms with Crippen molar-refractivity contribution in [3.63, 3.8) is 0 Å². The molecule has 1 aromatic carbocycles.